The maximum absolute atomic E-state index is 10.5. The van der Waals surface area contributed by atoms with Crippen LogP contribution in [-0.2, 0) is 21.0 Å². The van der Waals surface area contributed by atoms with E-state index < -0.39 is 8.25 Å². The SMILES string of the molecule is O=[PH](O)OCCCNCc1ccc(SCCCCC2(c3ccccc3)CCCCC2)cc1. The fourth-order valence-electron chi connectivity index (χ4n) is 4.75. The standard InChI is InChI=1S/C26H38NO3PS/c28-31(29)30-20-9-19-27-22-23-12-14-25(15-13-23)32-21-8-7-18-26(16-5-2-6-17-26)24-10-3-1-4-11-24/h1,3-4,10-15,27,31H,2,5-9,16-22H2,(H,28,29). The monoisotopic (exact) mass is 475 g/mol. The molecule has 0 aromatic heterocycles. The van der Waals surface area contributed by atoms with Gasteiger partial charge in [-0.2, -0.15) is 0 Å². The van der Waals surface area contributed by atoms with E-state index in [0.29, 0.717) is 12.0 Å². The van der Waals surface area contributed by atoms with Crippen molar-refractivity contribution >= 4 is 20.0 Å². The Morgan fingerprint density at radius 3 is 2.44 bits per heavy atom. The average molecular weight is 476 g/mol. The molecule has 1 aliphatic carbocycles. The van der Waals surface area contributed by atoms with Crippen molar-refractivity contribution in [2.75, 3.05) is 18.9 Å². The molecule has 0 saturated heterocycles. The predicted molar refractivity (Wildman–Crippen MR) is 136 cm³/mol. The first-order chi connectivity index (χ1) is 15.7. The summed E-state index contributed by atoms with van der Waals surface area (Å²) in [7, 11) is -2.79. The summed E-state index contributed by atoms with van der Waals surface area (Å²) in [5.41, 5.74) is 3.24. The average Bonchev–Trinajstić information content (AvgIpc) is 2.83. The summed E-state index contributed by atoms with van der Waals surface area (Å²) in [6.45, 7) is 1.90. The molecule has 1 atom stereocenters. The lowest BCUT2D eigenvalue weighted by Crippen LogP contribution is -2.29. The molecule has 0 bridgehead atoms. The van der Waals surface area contributed by atoms with E-state index in [4.69, 9.17) is 4.89 Å². The third kappa shape index (κ3) is 8.68. The minimum Gasteiger partial charge on any atom is -0.326 e. The molecule has 176 valence electrons. The van der Waals surface area contributed by atoms with Gasteiger partial charge in [-0.05, 0) is 73.1 Å². The van der Waals surface area contributed by atoms with Crippen LogP contribution in [0.15, 0.2) is 59.5 Å². The molecule has 1 aliphatic rings. The molecule has 2 aromatic rings. The van der Waals surface area contributed by atoms with E-state index in [-0.39, 0.29) is 0 Å². The van der Waals surface area contributed by atoms with Crippen LogP contribution < -0.4 is 5.32 Å². The van der Waals surface area contributed by atoms with Gasteiger partial charge in [0.05, 0.1) is 6.61 Å². The van der Waals surface area contributed by atoms with Crippen molar-refractivity contribution in [1.82, 2.24) is 5.32 Å². The largest absolute Gasteiger partial charge is 0.326 e. The first kappa shape index (κ1) is 25.5. The molecule has 1 fully saturated rings. The molecule has 6 heteroatoms. The van der Waals surface area contributed by atoms with Crippen molar-refractivity contribution in [2.24, 2.45) is 0 Å². The lowest BCUT2D eigenvalue weighted by atomic mass is 9.67. The number of thioether (sulfide) groups is 1. The van der Waals surface area contributed by atoms with Gasteiger partial charge in [-0.3, -0.25) is 4.57 Å². The first-order valence-electron chi connectivity index (χ1n) is 12.0. The molecule has 1 unspecified atom stereocenters. The normalized spacial score (nSPS) is 16.7. The zero-order chi connectivity index (χ0) is 22.5. The van der Waals surface area contributed by atoms with Crippen LogP contribution in [0.4, 0.5) is 0 Å². The van der Waals surface area contributed by atoms with Crippen LogP contribution in [0.2, 0.25) is 0 Å². The van der Waals surface area contributed by atoms with E-state index in [0.717, 1.165) is 19.5 Å². The Labute approximate surface area is 198 Å². The van der Waals surface area contributed by atoms with Gasteiger partial charge < -0.3 is 14.7 Å². The van der Waals surface area contributed by atoms with Crippen molar-refractivity contribution in [3.8, 4) is 0 Å². The maximum atomic E-state index is 10.5. The Morgan fingerprint density at radius 1 is 0.969 bits per heavy atom. The quantitative estimate of drug-likeness (QED) is 0.180. The number of benzene rings is 2. The second kappa shape index (κ2) is 14.2. The van der Waals surface area contributed by atoms with Crippen molar-refractivity contribution in [3.05, 3.63) is 65.7 Å². The summed E-state index contributed by atoms with van der Waals surface area (Å²) in [5.74, 6) is 1.18. The second-order valence-corrected chi connectivity index (χ2v) is 10.8. The highest BCUT2D eigenvalue weighted by atomic mass is 32.2. The van der Waals surface area contributed by atoms with Gasteiger partial charge in [0.15, 0.2) is 0 Å². The van der Waals surface area contributed by atoms with Gasteiger partial charge >= 0.3 is 8.25 Å². The number of hydrogen-bond acceptors (Lipinski definition) is 4. The van der Waals surface area contributed by atoms with Crippen LogP contribution in [0.5, 0.6) is 0 Å². The molecular weight excluding hydrogens is 437 g/mol. The molecule has 2 N–H and O–H groups in total. The van der Waals surface area contributed by atoms with Crippen LogP contribution in [0, 0.1) is 0 Å². The lowest BCUT2D eigenvalue weighted by Gasteiger charge is -2.38. The maximum Gasteiger partial charge on any atom is 0.316 e. The van der Waals surface area contributed by atoms with Gasteiger partial charge in [0.2, 0.25) is 0 Å². The summed E-state index contributed by atoms with van der Waals surface area (Å²) in [5, 5.41) is 3.34. The third-order valence-corrected chi connectivity index (χ3v) is 8.04. The van der Waals surface area contributed by atoms with Crippen LogP contribution in [0.25, 0.3) is 0 Å². The highest BCUT2D eigenvalue weighted by molar-refractivity contribution is 7.99. The molecule has 4 nitrogen and oxygen atoms in total. The van der Waals surface area contributed by atoms with Crippen molar-refractivity contribution in [2.45, 2.75) is 74.6 Å². The fourth-order valence-corrected chi connectivity index (χ4v) is 5.98. The summed E-state index contributed by atoms with van der Waals surface area (Å²) in [6.07, 6.45) is 11.5. The van der Waals surface area contributed by atoms with Crippen LogP contribution in [0.1, 0.15) is 68.9 Å². The van der Waals surface area contributed by atoms with E-state index in [9.17, 15) is 4.57 Å². The molecule has 32 heavy (non-hydrogen) atoms. The minimum absolute atomic E-state index is 0.323. The number of unbranched alkanes of at least 4 members (excludes halogenated alkanes) is 1. The Morgan fingerprint density at radius 2 is 1.72 bits per heavy atom. The van der Waals surface area contributed by atoms with Gasteiger partial charge in [-0.25, -0.2) is 0 Å². The second-order valence-electron chi connectivity index (χ2n) is 8.80. The fraction of sp³-hybridized carbons (Fsp3) is 0.538. The third-order valence-electron chi connectivity index (χ3n) is 6.49. The lowest BCUT2D eigenvalue weighted by molar-refractivity contribution is 0.268. The summed E-state index contributed by atoms with van der Waals surface area (Å²) < 4.78 is 15.2. The van der Waals surface area contributed by atoms with E-state index in [2.05, 4.69) is 64.4 Å². The molecule has 0 radical (unpaired) electrons. The van der Waals surface area contributed by atoms with Crippen molar-refractivity contribution in [1.29, 1.82) is 0 Å². The van der Waals surface area contributed by atoms with Gasteiger partial charge in [-0.15, -0.1) is 11.8 Å². The molecule has 0 aliphatic heterocycles. The smallest absolute Gasteiger partial charge is 0.316 e. The number of hydrogen-bond donors (Lipinski definition) is 2. The highest BCUT2D eigenvalue weighted by Gasteiger charge is 2.32. The molecule has 2 aromatic carbocycles. The number of nitrogens with one attached hydrogen (secondary N) is 1. The van der Waals surface area contributed by atoms with Crippen LogP contribution in [-0.4, -0.2) is 23.8 Å². The summed E-state index contributed by atoms with van der Waals surface area (Å²) in [6, 6.07) is 20.1. The molecule has 0 spiro atoms. The topological polar surface area (TPSA) is 58.6 Å². The van der Waals surface area contributed by atoms with Crippen molar-refractivity contribution < 1.29 is 14.0 Å². The molecular formula is C26H38NO3PS. The van der Waals surface area contributed by atoms with E-state index in [1.54, 1.807) is 5.56 Å². The van der Waals surface area contributed by atoms with Crippen molar-refractivity contribution in [3.63, 3.8) is 0 Å². The van der Waals surface area contributed by atoms with E-state index in [1.165, 1.54) is 67.6 Å². The Bertz CT molecular complexity index is 794. The highest BCUT2D eigenvalue weighted by Crippen LogP contribution is 2.43. The van der Waals surface area contributed by atoms with Crippen LogP contribution >= 0.6 is 20.0 Å². The zero-order valence-electron chi connectivity index (χ0n) is 19.1. The van der Waals surface area contributed by atoms with Gasteiger partial charge in [0.1, 0.15) is 0 Å². The summed E-state index contributed by atoms with van der Waals surface area (Å²) in [4.78, 5) is 9.96. The Hall–Kier alpha value is -1.10. The molecule has 1 saturated carbocycles. The summed E-state index contributed by atoms with van der Waals surface area (Å²) >= 11 is 1.96. The van der Waals surface area contributed by atoms with E-state index in [1.807, 2.05) is 11.8 Å². The van der Waals surface area contributed by atoms with Gasteiger partial charge in [0, 0.05) is 11.4 Å². The minimum atomic E-state index is -2.79. The molecule has 0 amide bonds. The zero-order valence-corrected chi connectivity index (χ0v) is 20.9. The Balaban J connectivity index is 1.33. The molecule has 0 heterocycles. The van der Waals surface area contributed by atoms with Gasteiger partial charge in [0.25, 0.3) is 0 Å². The van der Waals surface area contributed by atoms with Gasteiger partial charge in [-0.1, -0.05) is 68.1 Å². The van der Waals surface area contributed by atoms with E-state index >= 15 is 0 Å². The number of rotatable bonds is 14. The van der Waals surface area contributed by atoms with Crippen LogP contribution in [0.3, 0.4) is 0 Å². The predicted octanol–water partition coefficient (Wildman–Crippen LogP) is 6.73. The first-order valence-corrected chi connectivity index (χ1v) is 14.3. The Kier molecular flexibility index (Phi) is 11.3. The molecule has 3 rings (SSSR count).